The molecule has 0 saturated carbocycles. The molecule has 0 aromatic heterocycles. The Bertz CT molecular complexity index is 553. The first-order chi connectivity index (χ1) is 10.2. The number of hydrogen-bond acceptors (Lipinski definition) is 1. The molecule has 1 nitrogen and oxygen atoms in total. The normalized spacial score (nSPS) is 12.3. The molecule has 0 aliphatic heterocycles. The minimum atomic E-state index is 0.547. The highest BCUT2D eigenvalue weighted by Gasteiger charge is 2.12. The summed E-state index contributed by atoms with van der Waals surface area (Å²) in [6, 6.07) is 16.7. The maximum absolute atomic E-state index is 6.30. The Hall–Kier alpha value is -0.830. The zero-order valence-corrected chi connectivity index (χ0v) is 14.6. The minimum absolute atomic E-state index is 0.547. The smallest absolute Gasteiger partial charge is 0.0438 e. The van der Waals surface area contributed by atoms with Crippen molar-refractivity contribution in [2.75, 3.05) is 13.1 Å². The molecule has 0 amide bonds. The fourth-order valence-electron chi connectivity index (χ4n) is 2.49. The van der Waals surface area contributed by atoms with Crippen molar-refractivity contribution in [2.45, 2.75) is 19.8 Å². The lowest BCUT2D eigenvalue weighted by atomic mass is 9.92. The quantitative estimate of drug-likeness (QED) is 0.717. The molecule has 0 fully saturated rings. The third-order valence-corrected chi connectivity index (χ3v) is 4.48. The molecular weight excluding hydrogens is 346 g/mol. The summed E-state index contributed by atoms with van der Waals surface area (Å²) in [6.45, 7) is 4.16. The summed E-state index contributed by atoms with van der Waals surface area (Å²) in [4.78, 5) is 0. The van der Waals surface area contributed by atoms with Crippen LogP contribution in [0.1, 0.15) is 18.1 Å². The maximum atomic E-state index is 6.30. The van der Waals surface area contributed by atoms with Crippen LogP contribution in [-0.4, -0.2) is 13.1 Å². The first-order valence-corrected chi connectivity index (χ1v) is 8.54. The van der Waals surface area contributed by atoms with E-state index in [0.717, 1.165) is 35.4 Å². The fourth-order valence-corrected chi connectivity index (χ4v) is 2.97. The van der Waals surface area contributed by atoms with Crippen LogP contribution in [0.25, 0.3) is 0 Å². The molecule has 0 spiro atoms. The third kappa shape index (κ3) is 5.46. The third-order valence-electron chi connectivity index (χ3n) is 3.59. The first kappa shape index (κ1) is 16.5. The summed E-state index contributed by atoms with van der Waals surface area (Å²) in [5, 5.41) is 4.34. The van der Waals surface area contributed by atoms with E-state index in [9.17, 15) is 0 Å². The Labute approximate surface area is 140 Å². The molecule has 1 N–H and O–H groups in total. The standard InChI is InChI=1S/C18H21BrClN/c1-2-21-13-15(11-14-7-9-17(19)10-8-14)12-16-5-3-4-6-18(16)20/h3-10,15,21H,2,11-13H2,1H3. The van der Waals surface area contributed by atoms with Gasteiger partial charge < -0.3 is 5.32 Å². The molecule has 0 aliphatic rings. The molecule has 1 atom stereocenters. The summed E-state index contributed by atoms with van der Waals surface area (Å²) in [7, 11) is 0. The van der Waals surface area contributed by atoms with E-state index in [1.54, 1.807) is 0 Å². The highest BCUT2D eigenvalue weighted by molar-refractivity contribution is 9.10. The molecule has 0 aliphatic carbocycles. The van der Waals surface area contributed by atoms with Gasteiger partial charge in [0.1, 0.15) is 0 Å². The molecule has 3 heteroatoms. The topological polar surface area (TPSA) is 12.0 Å². The van der Waals surface area contributed by atoms with Crippen LogP contribution in [0.15, 0.2) is 53.0 Å². The van der Waals surface area contributed by atoms with Gasteiger partial charge >= 0.3 is 0 Å². The zero-order valence-electron chi connectivity index (χ0n) is 12.3. The van der Waals surface area contributed by atoms with E-state index in [-0.39, 0.29) is 0 Å². The number of nitrogens with one attached hydrogen (secondary N) is 1. The molecule has 2 aromatic carbocycles. The van der Waals surface area contributed by atoms with Crippen molar-refractivity contribution in [3.63, 3.8) is 0 Å². The van der Waals surface area contributed by atoms with Crippen molar-refractivity contribution in [1.29, 1.82) is 0 Å². The molecule has 1 unspecified atom stereocenters. The van der Waals surface area contributed by atoms with Crippen molar-refractivity contribution in [3.05, 3.63) is 69.2 Å². The summed E-state index contributed by atoms with van der Waals surface area (Å²) in [6.07, 6.45) is 2.06. The largest absolute Gasteiger partial charge is 0.317 e. The van der Waals surface area contributed by atoms with Gasteiger partial charge in [-0.1, -0.05) is 64.8 Å². The van der Waals surface area contributed by atoms with Gasteiger partial charge in [0, 0.05) is 9.50 Å². The van der Waals surface area contributed by atoms with E-state index >= 15 is 0 Å². The highest BCUT2D eigenvalue weighted by Crippen LogP contribution is 2.21. The zero-order chi connectivity index (χ0) is 15.1. The molecule has 21 heavy (non-hydrogen) atoms. The van der Waals surface area contributed by atoms with Crippen LogP contribution in [0, 0.1) is 5.92 Å². The van der Waals surface area contributed by atoms with Gasteiger partial charge in [0.2, 0.25) is 0 Å². The lowest BCUT2D eigenvalue weighted by Crippen LogP contribution is -2.25. The fraction of sp³-hybridized carbons (Fsp3) is 0.333. The molecule has 0 heterocycles. The van der Waals surface area contributed by atoms with E-state index in [2.05, 4.69) is 64.6 Å². The highest BCUT2D eigenvalue weighted by atomic mass is 79.9. The molecule has 2 rings (SSSR count). The molecule has 2 aromatic rings. The van der Waals surface area contributed by atoms with Crippen LogP contribution in [0.2, 0.25) is 5.02 Å². The van der Waals surface area contributed by atoms with Crippen LogP contribution in [-0.2, 0) is 12.8 Å². The van der Waals surface area contributed by atoms with Gasteiger partial charge in [0.05, 0.1) is 0 Å². The molecule has 112 valence electrons. The molecular formula is C18H21BrClN. The Morgan fingerprint density at radius 2 is 1.76 bits per heavy atom. The van der Waals surface area contributed by atoms with Gasteiger partial charge in [-0.05, 0) is 61.2 Å². The molecule has 0 radical (unpaired) electrons. The first-order valence-electron chi connectivity index (χ1n) is 7.37. The van der Waals surface area contributed by atoms with Crippen LogP contribution in [0.3, 0.4) is 0 Å². The Morgan fingerprint density at radius 3 is 2.43 bits per heavy atom. The number of hydrogen-bond donors (Lipinski definition) is 1. The predicted octanol–water partition coefficient (Wildman–Crippen LogP) is 5.11. The van der Waals surface area contributed by atoms with Crippen LogP contribution in [0.4, 0.5) is 0 Å². The minimum Gasteiger partial charge on any atom is -0.317 e. The van der Waals surface area contributed by atoms with Crippen molar-refractivity contribution in [2.24, 2.45) is 5.92 Å². The summed E-state index contributed by atoms with van der Waals surface area (Å²) >= 11 is 9.79. The summed E-state index contributed by atoms with van der Waals surface area (Å²) in [5.74, 6) is 0.547. The van der Waals surface area contributed by atoms with Crippen LogP contribution in [0.5, 0.6) is 0 Å². The Balaban J connectivity index is 2.07. The summed E-state index contributed by atoms with van der Waals surface area (Å²) in [5.41, 5.74) is 2.60. The second-order valence-electron chi connectivity index (χ2n) is 5.30. The predicted molar refractivity (Wildman–Crippen MR) is 95.0 cm³/mol. The van der Waals surface area contributed by atoms with Gasteiger partial charge in [-0.15, -0.1) is 0 Å². The van der Waals surface area contributed by atoms with Crippen LogP contribution < -0.4 is 5.32 Å². The van der Waals surface area contributed by atoms with E-state index in [4.69, 9.17) is 11.6 Å². The van der Waals surface area contributed by atoms with Crippen molar-refractivity contribution in [3.8, 4) is 0 Å². The van der Waals surface area contributed by atoms with Crippen molar-refractivity contribution < 1.29 is 0 Å². The lowest BCUT2D eigenvalue weighted by Gasteiger charge is -2.18. The second-order valence-corrected chi connectivity index (χ2v) is 6.62. The number of halogens is 2. The molecule has 0 bridgehead atoms. The summed E-state index contributed by atoms with van der Waals surface area (Å²) < 4.78 is 1.13. The number of rotatable bonds is 7. The average molecular weight is 367 g/mol. The van der Waals surface area contributed by atoms with E-state index in [1.807, 2.05) is 12.1 Å². The van der Waals surface area contributed by atoms with Gasteiger partial charge in [0.15, 0.2) is 0 Å². The van der Waals surface area contributed by atoms with Crippen molar-refractivity contribution >= 4 is 27.5 Å². The van der Waals surface area contributed by atoms with Gasteiger partial charge in [0.25, 0.3) is 0 Å². The second kappa shape index (κ2) is 8.57. The van der Waals surface area contributed by atoms with Gasteiger partial charge in [-0.2, -0.15) is 0 Å². The Kier molecular flexibility index (Phi) is 6.75. The van der Waals surface area contributed by atoms with E-state index in [0.29, 0.717) is 5.92 Å². The van der Waals surface area contributed by atoms with Gasteiger partial charge in [-0.25, -0.2) is 0 Å². The van der Waals surface area contributed by atoms with E-state index < -0.39 is 0 Å². The van der Waals surface area contributed by atoms with Crippen molar-refractivity contribution in [1.82, 2.24) is 5.32 Å². The average Bonchev–Trinajstić information content (AvgIpc) is 2.49. The SMILES string of the molecule is CCNCC(Cc1ccc(Br)cc1)Cc1ccccc1Cl. The van der Waals surface area contributed by atoms with E-state index in [1.165, 1.54) is 11.1 Å². The van der Waals surface area contributed by atoms with Crippen LogP contribution >= 0.6 is 27.5 Å². The maximum Gasteiger partial charge on any atom is 0.0438 e. The number of benzene rings is 2. The lowest BCUT2D eigenvalue weighted by molar-refractivity contribution is 0.478. The monoisotopic (exact) mass is 365 g/mol. The Morgan fingerprint density at radius 1 is 1.05 bits per heavy atom. The molecule has 0 saturated heterocycles. The van der Waals surface area contributed by atoms with Gasteiger partial charge in [-0.3, -0.25) is 0 Å².